The molecule has 9 heteroatoms. The van der Waals surface area contributed by atoms with Gasteiger partial charge in [-0.1, -0.05) is 6.92 Å². The number of hydrogen-bond acceptors (Lipinski definition) is 5. The van der Waals surface area contributed by atoms with Gasteiger partial charge in [0.25, 0.3) is 0 Å². The molecule has 0 radical (unpaired) electrons. The number of hydrogen-bond donors (Lipinski definition) is 2. The molecule has 0 bridgehead atoms. The van der Waals surface area contributed by atoms with E-state index < -0.39 is 35.9 Å². The van der Waals surface area contributed by atoms with E-state index in [1.807, 2.05) is 0 Å². The van der Waals surface area contributed by atoms with Crippen molar-refractivity contribution >= 4 is 35.6 Å². The number of carboxylic acids is 1. The van der Waals surface area contributed by atoms with Gasteiger partial charge in [0.05, 0.1) is 5.37 Å². The lowest BCUT2D eigenvalue weighted by Gasteiger charge is -2.38. The number of imide groups is 1. The highest BCUT2D eigenvalue weighted by molar-refractivity contribution is 8.00. The summed E-state index contributed by atoms with van der Waals surface area (Å²) in [6, 6.07) is -2.26. The van der Waals surface area contributed by atoms with Crippen molar-refractivity contribution in [3.8, 4) is 0 Å². The number of nitrogens with zero attached hydrogens (tertiary/aromatic N) is 2. The van der Waals surface area contributed by atoms with Crippen LogP contribution in [0.4, 0.5) is 4.79 Å². The fourth-order valence-electron chi connectivity index (χ4n) is 2.55. The lowest BCUT2D eigenvalue weighted by Crippen LogP contribution is -2.63. The van der Waals surface area contributed by atoms with Crippen LogP contribution in [-0.2, 0) is 14.4 Å². The van der Waals surface area contributed by atoms with E-state index >= 15 is 0 Å². The molecule has 2 N–H and O–H groups in total. The number of carbonyl (C=O) groups excluding carboxylic acids is 3. The van der Waals surface area contributed by atoms with Crippen LogP contribution in [0.5, 0.6) is 0 Å². The first kappa shape index (κ1) is 15.6. The Bertz CT molecular complexity index is 497. The van der Waals surface area contributed by atoms with Gasteiger partial charge >= 0.3 is 12.0 Å². The molecule has 0 aromatic rings. The van der Waals surface area contributed by atoms with Crippen molar-refractivity contribution in [3.05, 3.63) is 0 Å². The Morgan fingerprint density at radius 3 is 2.67 bits per heavy atom. The minimum Gasteiger partial charge on any atom is -0.480 e. The topological polar surface area (TPSA) is 107 Å². The third kappa shape index (κ3) is 2.82. The third-order valence-corrected chi connectivity index (χ3v) is 4.83. The highest BCUT2D eigenvalue weighted by Gasteiger charge is 2.45. The number of nitrogens with one attached hydrogen (secondary N) is 1. The average Bonchev–Trinajstić information content (AvgIpc) is 2.79. The summed E-state index contributed by atoms with van der Waals surface area (Å²) in [6.07, 6.45) is 0.359. The van der Waals surface area contributed by atoms with E-state index in [4.69, 9.17) is 0 Å². The Hall–Kier alpha value is -1.77. The molecule has 0 aromatic heterocycles. The molecule has 2 aliphatic heterocycles. The van der Waals surface area contributed by atoms with E-state index in [0.29, 0.717) is 12.2 Å². The van der Waals surface area contributed by atoms with Crippen molar-refractivity contribution in [2.45, 2.75) is 37.7 Å². The van der Waals surface area contributed by atoms with Crippen LogP contribution in [0.15, 0.2) is 0 Å². The minimum atomic E-state index is -1.08. The van der Waals surface area contributed by atoms with E-state index in [2.05, 4.69) is 5.32 Å². The van der Waals surface area contributed by atoms with E-state index in [1.165, 1.54) is 21.6 Å². The number of thioether (sulfide) groups is 1. The summed E-state index contributed by atoms with van der Waals surface area (Å²) >= 11 is 1.36. The Morgan fingerprint density at radius 1 is 1.43 bits per heavy atom. The second-order valence-corrected chi connectivity index (χ2v) is 6.29. The number of carbonyl (C=O) groups is 4. The fourth-order valence-corrected chi connectivity index (χ4v) is 3.71. The van der Waals surface area contributed by atoms with Gasteiger partial charge in [-0.05, 0) is 13.3 Å². The van der Waals surface area contributed by atoms with Gasteiger partial charge in [-0.25, -0.2) is 9.59 Å². The number of piperazine rings is 1. The molecular formula is C12H17N3O5S. The van der Waals surface area contributed by atoms with E-state index in [9.17, 15) is 24.3 Å². The molecular weight excluding hydrogens is 298 g/mol. The van der Waals surface area contributed by atoms with E-state index in [-0.39, 0.29) is 11.9 Å². The quantitative estimate of drug-likeness (QED) is 0.677. The first-order chi connectivity index (χ1) is 9.86. The number of aliphatic carboxylic acids is 1. The Balaban J connectivity index is 2.25. The van der Waals surface area contributed by atoms with Crippen molar-refractivity contribution in [2.75, 3.05) is 12.3 Å². The van der Waals surface area contributed by atoms with Crippen LogP contribution in [0.3, 0.4) is 0 Å². The molecule has 2 fully saturated rings. The Morgan fingerprint density at radius 2 is 2.10 bits per heavy atom. The predicted molar refractivity (Wildman–Crippen MR) is 74.5 cm³/mol. The second kappa shape index (κ2) is 5.92. The fraction of sp³-hybridized carbons (Fsp3) is 0.667. The molecule has 2 rings (SSSR count). The van der Waals surface area contributed by atoms with Crippen molar-refractivity contribution in [2.24, 2.45) is 0 Å². The van der Waals surface area contributed by atoms with Crippen LogP contribution < -0.4 is 5.32 Å². The first-order valence-electron chi connectivity index (χ1n) is 6.63. The number of rotatable bonds is 2. The summed E-state index contributed by atoms with van der Waals surface area (Å²) < 4.78 is 0. The lowest BCUT2D eigenvalue weighted by molar-refractivity contribution is -0.141. The lowest BCUT2D eigenvalue weighted by atomic mass is 10.1. The van der Waals surface area contributed by atoms with Crippen LogP contribution in [0.2, 0.25) is 0 Å². The molecule has 4 amide bonds. The van der Waals surface area contributed by atoms with Crippen LogP contribution in [-0.4, -0.2) is 68.5 Å². The molecule has 2 aliphatic rings. The van der Waals surface area contributed by atoms with Gasteiger partial charge in [0.15, 0.2) is 0 Å². The minimum absolute atomic E-state index is 0.233. The molecule has 0 aliphatic carbocycles. The van der Waals surface area contributed by atoms with Crippen molar-refractivity contribution in [1.82, 2.24) is 15.1 Å². The zero-order valence-electron chi connectivity index (χ0n) is 11.7. The van der Waals surface area contributed by atoms with Crippen LogP contribution in [0.25, 0.3) is 0 Å². The third-order valence-electron chi connectivity index (χ3n) is 3.62. The zero-order valence-corrected chi connectivity index (χ0v) is 12.6. The molecule has 0 saturated carbocycles. The highest BCUT2D eigenvalue weighted by Crippen LogP contribution is 2.30. The van der Waals surface area contributed by atoms with Gasteiger partial charge < -0.3 is 10.0 Å². The molecule has 2 heterocycles. The van der Waals surface area contributed by atoms with Crippen LogP contribution in [0, 0.1) is 0 Å². The molecule has 8 nitrogen and oxygen atoms in total. The summed E-state index contributed by atoms with van der Waals surface area (Å²) in [6.45, 7) is 3.23. The molecule has 21 heavy (non-hydrogen) atoms. The van der Waals surface area contributed by atoms with Gasteiger partial charge in [-0.2, -0.15) is 0 Å². The SMILES string of the molecule is CCC1C(=O)NC(=O)CN1C(=O)N1C(C)SCC1C(=O)O. The molecule has 3 atom stereocenters. The normalized spacial score (nSPS) is 29.5. The van der Waals surface area contributed by atoms with Gasteiger partial charge in [0.1, 0.15) is 18.6 Å². The Kier molecular flexibility index (Phi) is 4.40. The Labute approximate surface area is 125 Å². The van der Waals surface area contributed by atoms with Gasteiger partial charge in [0, 0.05) is 5.75 Å². The number of carboxylic acid groups (broad SMARTS) is 1. The summed E-state index contributed by atoms with van der Waals surface area (Å²) in [4.78, 5) is 49.6. The second-order valence-electron chi connectivity index (χ2n) is 4.94. The van der Waals surface area contributed by atoms with Crippen LogP contribution in [0.1, 0.15) is 20.3 Å². The predicted octanol–water partition coefficient (Wildman–Crippen LogP) is -0.309. The maximum Gasteiger partial charge on any atom is 0.327 e. The highest BCUT2D eigenvalue weighted by atomic mass is 32.2. The maximum absolute atomic E-state index is 12.6. The summed E-state index contributed by atoms with van der Waals surface area (Å²) in [5, 5.41) is 11.1. The van der Waals surface area contributed by atoms with Crippen molar-refractivity contribution in [1.29, 1.82) is 0 Å². The van der Waals surface area contributed by atoms with Crippen molar-refractivity contribution in [3.63, 3.8) is 0 Å². The summed E-state index contributed by atoms with van der Waals surface area (Å²) in [7, 11) is 0. The van der Waals surface area contributed by atoms with E-state index in [0.717, 1.165) is 0 Å². The molecule has 116 valence electrons. The largest absolute Gasteiger partial charge is 0.480 e. The van der Waals surface area contributed by atoms with E-state index in [1.54, 1.807) is 13.8 Å². The zero-order chi connectivity index (χ0) is 15.7. The molecule has 3 unspecified atom stereocenters. The smallest absolute Gasteiger partial charge is 0.327 e. The monoisotopic (exact) mass is 315 g/mol. The van der Waals surface area contributed by atoms with Crippen molar-refractivity contribution < 1.29 is 24.3 Å². The average molecular weight is 315 g/mol. The first-order valence-corrected chi connectivity index (χ1v) is 7.68. The maximum atomic E-state index is 12.6. The van der Waals surface area contributed by atoms with Gasteiger partial charge in [-0.3, -0.25) is 19.8 Å². The van der Waals surface area contributed by atoms with Gasteiger partial charge in [0.2, 0.25) is 11.8 Å². The van der Waals surface area contributed by atoms with Gasteiger partial charge in [-0.15, -0.1) is 11.8 Å². The summed E-state index contributed by atoms with van der Waals surface area (Å²) in [5.74, 6) is -1.86. The molecule has 0 spiro atoms. The molecule has 2 saturated heterocycles. The van der Waals surface area contributed by atoms with Crippen LogP contribution >= 0.6 is 11.8 Å². The number of urea groups is 1. The number of amides is 4. The standard InChI is InChI=1S/C12H17N3O5S/c1-3-7-10(17)13-9(16)4-14(7)12(20)15-6(2)21-5-8(15)11(18)19/h6-8H,3-5H2,1-2H3,(H,18,19)(H,13,16,17). The molecule has 0 aromatic carbocycles. The summed E-state index contributed by atoms with van der Waals surface area (Å²) in [5.41, 5.74) is 0.